The number of hydrogen-bond donors (Lipinski definition) is 1. The second-order valence-electron chi connectivity index (χ2n) is 4.96. The van der Waals surface area contributed by atoms with Crippen molar-refractivity contribution in [2.75, 3.05) is 7.11 Å². The summed E-state index contributed by atoms with van der Waals surface area (Å²) in [5, 5.41) is 10.5. The monoisotopic (exact) mass is 346 g/mol. The average Bonchev–Trinajstić information content (AvgIpc) is 2.53. The maximum absolute atomic E-state index is 9.52. The molecule has 0 aromatic heterocycles. The van der Waals surface area contributed by atoms with Crippen molar-refractivity contribution in [3.63, 3.8) is 0 Å². The highest BCUT2D eigenvalue weighted by Gasteiger charge is 2.33. The van der Waals surface area contributed by atoms with Gasteiger partial charge in [0.25, 0.3) is 0 Å². The van der Waals surface area contributed by atoms with Gasteiger partial charge in [-0.25, -0.2) is 0 Å². The molecule has 6 heteroatoms. The topological polar surface area (TPSA) is 68.3 Å². The van der Waals surface area contributed by atoms with Gasteiger partial charge in [-0.1, -0.05) is 35.3 Å². The first-order valence-electron chi connectivity index (χ1n) is 6.76. The van der Waals surface area contributed by atoms with E-state index in [1.54, 1.807) is 37.4 Å². The molecule has 23 heavy (non-hydrogen) atoms. The van der Waals surface area contributed by atoms with Crippen LogP contribution in [0.15, 0.2) is 47.9 Å². The molecule has 2 aromatic rings. The van der Waals surface area contributed by atoms with Gasteiger partial charge in [0.2, 0.25) is 5.88 Å². The van der Waals surface area contributed by atoms with Crippen LogP contribution in [0.5, 0.6) is 11.5 Å². The number of benzene rings is 2. The maximum atomic E-state index is 9.52. The molecule has 0 fully saturated rings. The summed E-state index contributed by atoms with van der Waals surface area (Å²) < 4.78 is 10.8. The van der Waals surface area contributed by atoms with Gasteiger partial charge >= 0.3 is 0 Å². The Bertz CT molecular complexity index is 836. The fraction of sp³-hybridized carbons (Fsp3) is 0.118. The normalized spacial score (nSPS) is 16.3. The lowest BCUT2D eigenvalue weighted by atomic mass is 9.83. The van der Waals surface area contributed by atoms with E-state index < -0.39 is 5.92 Å². The Morgan fingerprint density at radius 2 is 1.91 bits per heavy atom. The van der Waals surface area contributed by atoms with Crippen molar-refractivity contribution < 1.29 is 9.47 Å². The molecule has 1 aliphatic heterocycles. The second-order valence-corrected chi connectivity index (χ2v) is 5.78. The number of nitriles is 1. The zero-order chi connectivity index (χ0) is 16.6. The number of rotatable bonds is 2. The number of halogens is 2. The van der Waals surface area contributed by atoms with E-state index in [9.17, 15) is 5.26 Å². The van der Waals surface area contributed by atoms with Gasteiger partial charge in [0.05, 0.1) is 13.0 Å². The Hall–Kier alpha value is -2.35. The van der Waals surface area contributed by atoms with Gasteiger partial charge in [0, 0.05) is 27.2 Å². The number of ether oxygens (including phenoxy) is 2. The Morgan fingerprint density at radius 3 is 2.52 bits per heavy atom. The summed E-state index contributed by atoms with van der Waals surface area (Å²) in [7, 11) is 1.56. The number of nitrogens with zero attached hydrogens (tertiary/aromatic N) is 1. The highest BCUT2D eigenvalue weighted by Crippen LogP contribution is 2.47. The van der Waals surface area contributed by atoms with Crippen LogP contribution in [0.1, 0.15) is 17.0 Å². The van der Waals surface area contributed by atoms with Crippen LogP contribution in [-0.4, -0.2) is 7.11 Å². The molecule has 1 atom stereocenters. The fourth-order valence-corrected chi connectivity index (χ4v) is 3.26. The molecule has 0 spiro atoms. The van der Waals surface area contributed by atoms with E-state index in [4.69, 9.17) is 38.4 Å². The Kier molecular flexibility index (Phi) is 4.08. The van der Waals surface area contributed by atoms with Gasteiger partial charge in [-0.3, -0.25) is 0 Å². The number of allylic oxidation sites excluding steroid dienone is 1. The first-order chi connectivity index (χ1) is 11.1. The summed E-state index contributed by atoms with van der Waals surface area (Å²) in [4.78, 5) is 0. The third kappa shape index (κ3) is 2.59. The molecule has 2 N–H and O–H groups in total. The molecule has 0 saturated heterocycles. The molecule has 1 heterocycles. The molecule has 116 valence electrons. The standard InChI is InChI=1S/C17H12Cl2N2O2/c1-22-9-5-6-10-14(7-9)23-17(21)11(8-20)15(10)16-12(18)3-2-4-13(16)19/h2-7,15H,21H2,1H3/t15-/m0/s1. The van der Waals surface area contributed by atoms with Crippen LogP contribution in [0, 0.1) is 11.3 Å². The summed E-state index contributed by atoms with van der Waals surface area (Å²) in [5.41, 5.74) is 7.59. The Labute approximate surface area is 143 Å². The Balaban J connectivity index is 2.28. The minimum absolute atomic E-state index is 0.0363. The van der Waals surface area contributed by atoms with Crippen LogP contribution in [0.25, 0.3) is 0 Å². The Morgan fingerprint density at radius 1 is 1.22 bits per heavy atom. The van der Waals surface area contributed by atoms with E-state index in [-0.39, 0.29) is 11.5 Å². The van der Waals surface area contributed by atoms with Crippen molar-refractivity contribution in [3.05, 3.63) is 69.0 Å². The van der Waals surface area contributed by atoms with Crippen molar-refractivity contribution in [3.8, 4) is 17.6 Å². The first kappa shape index (κ1) is 15.5. The molecule has 4 nitrogen and oxygen atoms in total. The highest BCUT2D eigenvalue weighted by molar-refractivity contribution is 6.36. The first-order valence-corrected chi connectivity index (χ1v) is 7.51. The fourth-order valence-electron chi connectivity index (χ4n) is 2.65. The van der Waals surface area contributed by atoms with Crippen molar-refractivity contribution in [2.45, 2.75) is 5.92 Å². The average molecular weight is 347 g/mol. The van der Waals surface area contributed by atoms with Crippen LogP contribution in [0.4, 0.5) is 0 Å². The summed E-state index contributed by atoms with van der Waals surface area (Å²) in [5.74, 6) is 0.688. The highest BCUT2D eigenvalue weighted by atomic mass is 35.5. The second kappa shape index (κ2) is 6.04. The largest absolute Gasteiger partial charge is 0.497 e. The summed E-state index contributed by atoms with van der Waals surface area (Å²) in [6.07, 6.45) is 0. The minimum atomic E-state index is -0.490. The molecule has 1 aliphatic rings. The molecule has 0 unspecified atom stereocenters. The lowest BCUT2D eigenvalue weighted by Crippen LogP contribution is -2.21. The van der Waals surface area contributed by atoms with Gasteiger partial charge < -0.3 is 15.2 Å². The lowest BCUT2D eigenvalue weighted by Gasteiger charge is -2.27. The van der Waals surface area contributed by atoms with Crippen LogP contribution < -0.4 is 15.2 Å². The maximum Gasteiger partial charge on any atom is 0.205 e. The molecule has 2 aromatic carbocycles. The van der Waals surface area contributed by atoms with E-state index in [2.05, 4.69) is 6.07 Å². The van der Waals surface area contributed by atoms with E-state index >= 15 is 0 Å². The molecule has 0 bridgehead atoms. The van der Waals surface area contributed by atoms with Crippen LogP contribution in [0.2, 0.25) is 10.0 Å². The van der Waals surface area contributed by atoms with E-state index in [0.29, 0.717) is 27.1 Å². The van der Waals surface area contributed by atoms with Crippen molar-refractivity contribution in [1.82, 2.24) is 0 Å². The van der Waals surface area contributed by atoms with Gasteiger partial charge in [0.15, 0.2) is 0 Å². The van der Waals surface area contributed by atoms with Gasteiger partial charge in [-0.05, 0) is 18.2 Å². The summed E-state index contributed by atoms with van der Waals surface area (Å²) in [6.45, 7) is 0. The molecule has 0 amide bonds. The van der Waals surface area contributed by atoms with Gasteiger partial charge in [-0.15, -0.1) is 0 Å². The number of hydrogen-bond acceptors (Lipinski definition) is 4. The minimum Gasteiger partial charge on any atom is -0.497 e. The molecule has 0 radical (unpaired) electrons. The molecular weight excluding hydrogens is 335 g/mol. The quantitative estimate of drug-likeness (QED) is 0.883. The summed E-state index contributed by atoms with van der Waals surface area (Å²) in [6, 6.07) is 12.6. The summed E-state index contributed by atoms with van der Waals surface area (Å²) >= 11 is 12.7. The van der Waals surface area contributed by atoms with Crippen LogP contribution >= 0.6 is 23.2 Å². The molecule has 0 aliphatic carbocycles. The van der Waals surface area contributed by atoms with E-state index in [0.717, 1.165) is 5.56 Å². The van der Waals surface area contributed by atoms with E-state index in [1.807, 2.05) is 6.07 Å². The van der Waals surface area contributed by atoms with Crippen molar-refractivity contribution in [2.24, 2.45) is 5.73 Å². The molecule has 0 saturated carbocycles. The van der Waals surface area contributed by atoms with E-state index in [1.165, 1.54) is 0 Å². The molecular formula is C17H12Cl2N2O2. The number of fused-ring (bicyclic) bond motifs is 1. The van der Waals surface area contributed by atoms with Crippen LogP contribution in [-0.2, 0) is 0 Å². The predicted molar refractivity (Wildman–Crippen MR) is 88.8 cm³/mol. The van der Waals surface area contributed by atoms with Gasteiger partial charge in [-0.2, -0.15) is 5.26 Å². The third-order valence-electron chi connectivity index (χ3n) is 3.71. The third-order valence-corrected chi connectivity index (χ3v) is 4.37. The smallest absolute Gasteiger partial charge is 0.205 e. The predicted octanol–water partition coefficient (Wildman–Crippen LogP) is 4.22. The van der Waals surface area contributed by atoms with Crippen LogP contribution in [0.3, 0.4) is 0 Å². The zero-order valence-electron chi connectivity index (χ0n) is 12.1. The number of methoxy groups -OCH3 is 1. The van der Waals surface area contributed by atoms with Crippen molar-refractivity contribution >= 4 is 23.2 Å². The SMILES string of the molecule is COc1ccc2c(c1)OC(N)=C(C#N)[C@H]2c1c(Cl)cccc1Cl. The number of nitrogens with two attached hydrogens (primary N) is 1. The molecule has 3 rings (SSSR count). The lowest BCUT2D eigenvalue weighted by molar-refractivity contribution is 0.381. The zero-order valence-corrected chi connectivity index (χ0v) is 13.7. The van der Waals surface area contributed by atoms with Gasteiger partial charge in [0.1, 0.15) is 23.1 Å². The van der Waals surface area contributed by atoms with Crippen molar-refractivity contribution in [1.29, 1.82) is 5.26 Å².